The monoisotopic (exact) mass is 249 g/mol. The zero-order valence-electron chi connectivity index (χ0n) is 11.6. The number of carbonyl (C=O) groups excluding carboxylic acids is 1. The SMILES string of the molecule is [C-]#[N+]CC1CCC(/C=C/C(=O)OC(C)(C)C)CC1. The van der Waals surface area contributed by atoms with E-state index in [1.807, 2.05) is 26.8 Å². The topological polar surface area (TPSA) is 30.7 Å². The van der Waals surface area contributed by atoms with Gasteiger partial charge < -0.3 is 9.58 Å². The predicted molar refractivity (Wildman–Crippen MR) is 71.9 cm³/mol. The van der Waals surface area contributed by atoms with Gasteiger partial charge in [0.25, 0.3) is 0 Å². The summed E-state index contributed by atoms with van der Waals surface area (Å²) in [5.41, 5.74) is -0.422. The first-order chi connectivity index (χ1) is 8.40. The molecule has 0 spiro atoms. The van der Waals surface area contributed by atoms with Crippen LogP contribution in [0.25, 0.3) is 4.85 Å². The van der Waals surface area contributed by atoms with Crippen molar-refractivity contribution in [2.24, 2.45) is 11.8 Å². The molecule has 1 aliphatic carbocycles. The van der Waals surface area contributed by atoms with E-state index in [9.17, 15) is 4.79 Å². The van der Waals surface area contributed by atoms with E-state index in [-0.39, 0.29) is 5.97 Å². The summed E-state index contributed by atoms with van der Waals surface area (Å²) in [6.45, 7) is 13.1. The Bertz CT molecular complexity index is 338. The summed E-state index contributed by atoms with van der Waals surface area (Å²) in [4.78, 5) is 15.0. The van der Waals surface area contributed by atoms with Gasteiger partial charge in [-0.2, -0.15) is 0 Å². The molecule has 100 valence electrons. The molecular formula is C15H23NO2. The van der Waals surface area contributed by atoms with Gasteiger partial charge in [0.05, 0.1) is 0 Å². The van der Waals surface area contributed by atoms with Crippen molar-refractivity contribution >= 4 is 5.97 Å². The van der Waals surface area contributed by atoms with Gasteiger partial charge in [-0.3, -0.25) is 0 Å². The minimum absolute atomic E-state index is 0.259. The maximum absolute atomic E-state index is 11.5. The molecule has 1 rings (SSSR count). The molecule has 0 atom stereocenters. The molecule has 0 heterocycles. The van der Waals surface area contributed by atoms with E-state index in [1.165, 1.54) is 0 Å². The second-order valence-electron chi connectivity index (χ2n) is 6.01. The Morgan fingerprint density at radius 1 is 1.33 bits per heavy atom. The minimum atomic E-state index is -0.422. The highest BCUT2D eigenvalue weighted by Crippen LogP contribution is 2.29. The average molecular weight is 249 g/mol. The Balaban J connectivity index is 2.32. The Morgan fingerprint density at radius 3 is 2.44 bits per heavy atom. The summed E-state index contributed by atoms with van der Waals surface area (Å²) < 4.78 is 5.22. The fourth-order valence-corrected chi connectivity index (χ4v) is 2.24. The summed E-state index contributed by atoms with van der Waals surface area (Å²) in [5, 5.41) is 0. The van der Waals surface area contributed by atoms with Crippen LogP contribution in [0.15, 0.2) is 12.2 Å². The molecule has 0 aromatic rings. The number of hydrogen-bond donors (Lipinski definition) is 0. The van der Waals surface area contributed by atoms with E-state index in [0.717, 1.165) is 25.7 Å². The zero-order chi connectivity index (χ0) is 13.6. The lowest BCUT2D eigenvalue weighted by Crippen LogP contribution is -2.22. The van der Waals surface area contributed by atoms with Crippen LogP contribution >= 0.6 is 0 Å². The van der Waals surface area contributed by atoms with Crippen LogP contribution in [-0.2, 0) is 9.53 Å². The molecule has 0 aromatic carbocycles. The third-order valence-corrected chi connectivity index (χ3v) is 3.15. The molecule has 1 aliphatic rings. The normalized spacial score (nSPS) is 24.8. The van der Waals surface area contributed by atoms with Crippen LogP contribution in [0.5, 0.6) is 0 Å². The molecule has 0 N–H and O–H groups in total. The minimum Gasteiger partial charge on any atom is -0.457 e. The Kier molecular flexibility index (Phi) is 5.40. The lowest BCUT2D eigenvalue weighted by molar-refractivity contribution is -0.148. The molecule has 3 heteroatoms. The van der Waals surface area contributed by atoms with Gasteiger partial charge in [0.2, 0.25) is 6.54 Å². The molecule has 0 radical (unpaired) electrons. The first kappa shape index (κ1) is 14.8. The van der Waals surface area contributed by atoms with E-state index < -0.39 is 5.60 Å². The third-order valence-electron chi connectivity index (χ3n) is 3.15. The molecule has 18 heavy (non-hydrogen) atoms. The smallest absolute Gasteiger partial charge is 0.330 e. The van der Waals surface area contributed by atoms with Crippen LogP contribution in [0.2, 0.25) is 0 Å². The highest BCUT2D eigenvalue weighted by molar-refractivity contribution is 5.82. The van der Waals surface area contributed by atoms with Crippen molar-refractivity contribution in [3.63, 3.8) is 0 Å². The van der Waals surface area contributed by atoms with Crippen LogP contribution in [0.3, 0.4) is 0 Å². The third kappa shape index (κ3) is 5.86. The Labute approximate surface area is 110 Å². The van der Waals surface area contributed by atoms with E-state index in [1.54, 1.807) is 6.08 Å². The van der Waals surface area contributed by atoms with Gasteiger partial charge >= 0.3 is 5.97 Å². The molecule has 0 saturated heterocycles. The molecule has 1 saturated carbocycles. The van der Waals surface area contributed by atoms with Gasteiger partial charge in [-0.05, 0) is 52.4 Å². The number of rotatable bonds is 3. The van der Waals surface area contributed by atoms with Crippen molar-refractivity contribution in [3.05, 3.63) is 23.6 Å². The van der Waals surface area contributed by atoms with Crippen molar-refractivity contribution in [2.45, 2.75) is 52.1 Å². The van der Waals surface area contributed by atoms with Gasteiger partial charge in [-0.25, -0.2) is 11.4 Å². The number of hydrogen-bond acceptors (Lipinski definition) is 2. The van der Waals surface area contributed by atoms with Crippen molar-refractivity contribution in [1.82, 2.24) is 0 Å². The summed E-state index contributed by atoms with van der Waals surface area (Å²) in [6.07, 6.45) is 7.91. The molecular weight excluding hydrogens is 226 g/mol. The largest absolute Gasteiger partial charge is 0.457 e. The van der Waals surface area contributed by atoms with Gasteiger partial charge in [0.15, 0.2) is 0 Å². The second kappa shape index (κ2) is 6.58. The van der Waals surface area contributed by atoms with Crippen molar-refractivity contribution in [2.75, 3.05) is 6.54 Å². The number of carbonyl (C=O) groups is 1. The molecule has 0 amide bonds. The number of nitrogens with zero attached hydrogens (tertiary/aromatic N) is 1. The summed E-state index contributed by atoms with van der Waals surface area (Å²) in [5.74, 6) is 0.777. The lowest BCUT2D eigenvalue weighted by Gasteiger charge is -2.23. The highest BCUT2D eigenvalue weighted by atomic mass is 16.6. The molecule has 3 nitrogen and oxygen atoms in total. The number of esters is 1. The zero-order valence-corrected chi connectivity index (χ0v) is 11.6. The van der Waals surface area contributed by atoms with Gasteiger partial charge in [0.1, 0.15) is 5.60 Å². The fraction of sp³-hybridized carbons (Fsp3) is 0.733. The van der Waals surface area contributed by atoms with Crippen LogP contribution in [0, 0.1) is 18.4 Å². The predicted octanol–water partition coefficient (Wildman–Crippen LogP) is 3.61. The number of allylic oxidation sites excluding steroid dienone is 1. The molecule has 1 fully saturated rings. The molecule has 0 aliphatic heterocycles. The Hall–Kier alpha value is -1.30. The Morgan fingerprint density at radius 2 is 1.94 bits per heavy atom. The van der Waals surface area contributed by atoms with Gasteiger partial charge in [-0.1, -0.05) is 6.08 Å². The van der Waals surface area contributed by atoms with Crippen molar-refractivity contribution in [1.29, 1.82) is 0 Å². The summed E-state index contributed by atoms with van der Waals surface area (Å²) >= 11 is 0. The maximum atomic E-state index is 11.5. The van der Waals surface area contributed by atoms with Crippen molar-refractivity contribution in [3.8, 4) is 0 Å². The fourth-order valence-electron chi connectivity index (χ4n) is 2.24. The first-order valence-corrected chi connectivity index (χ1v) is 6.65. The number of ether oxygens (including phenoxy) is 1. The summed E-state index contributed by atoms with van der Waals surface area (Å²) in [7, 11) is 0. The van der Waals surface area contributed by atoms with Crippen LogP contribution in [0.1, 0.15) is 46.5 Å². The van der Waals surface area contributed by atoms with E-state index in [4.69, 9.17) is 11.3 Å². The van der Waals surface area contributed by atoms with Gasteiger partial charge in [0, 0.05) is 12.0 Å². The maximum Gasteiger partial charge on any atom is 0.330 e. The van der Waals surface area contributed by atoms with Gasteiger partial charge in [-0.15, -0.1) is 0 Å². The molecule has 0 aromatic heterocycles. The molecule has 0 bridgehead atoms. The quantitative estimate of drug-likeness (QED) is 0.434. The van der Waals surface area contributed by atoms with Crippen LogP contribution in [-0.4, -0.2) is 18.1 Å². The second-order valence-corrected chi connectivity index (χ2v) is 6.01. The average Bonchev–Trinajstić information content (AvgIpc) is 2.26. The van der Waals surface area contributed by atoms with E-state index in [2.05, 4.69) is 4.85 Å². The van der Waals surface area contributed by atoms with E-state index in [0.29, 0.717) is 18.4 Å². The highest BCUT2D eigenvalue weighted by Gasteiger charge is 2.21. The summed E-state index contributed by atoms with van der Waals surface area (Å²) in [6, 6.07) is 0. The standard InChI is InChI=1S/C15H23NO2/c1-15(2,3)18-14(17)10-9-12-5-7-13(8-6-12)11-16-4/h9-10,12-13H,5-8,11H2,1-3H3/b10-9+. The van der Waals surface area contributed by atoms with Crippen LogP contribution in [0.4, 0.5) is 0 Å². The van der Waals surface area contributed by atoms with Crippen LogP contribution < -0.4 is 0 Å². The molecule has 0 unspecified atom stereocenters. The van der Waals surface area contributed by atoms with E-state index >= 15 is 0 Å². The first-order valence-electron chi connectivity index (χ1n) is 6.65. The lowest BCUT2D eigenvalue weighted by atomic mass is 9.82. The van der Waals surface area contributed by atoms with Crippen molar-refractivity contribution < 1.29 is 9.53 Å².